The quantitative estimate of drug-likeness (QED) is 0.668. The molecule has 0 bridgehead atoms. The lowest BCUT2D eigenvalue weighted by Gasteiger charge is -2.42. The summed E-state index contributed by atoms with van der Waals surface area (Å²) in [5.74, 6) is 1.90. The van der Waals surface area contributed by atoms with Crippen LogP contribution < -0.4 is 10.1 Å². The molecule has 2 saturated heterocycles. The van der Waals surface area contributed by atoms with Gasteiger partial charge in [0.05, 0.1) is 24.2 Å². The van der Waals surface area contributed by atoms with Crippen LogP contribution in [0.1, 0.15) is 32.6 Å². The number of amides is 1. The molecule has 1 saturated carbocycles. The molecule has 3 aliphatic rings. The fraction of sp³-hybridized carbons (Fsp3) is 0.750. The minimum Gasteiger partial charge on any atom is -0.476 e. The summed E-state index contributed by atoms with van der Waals surface area (Å²) in [6, 6.07) is 3.45. The second kappa shape index (κ2) is 9.15. The lowest BCUT2D eigenvalue weighted by atomic mass is 10.0. The van der Waals surface area contributed by atoms with E-state index in [0.29, 0.717) is 43.4 Å². The van der Waals surface area contributed by atoms with Gasteiger partial charge in [0.15, 0.2) is 15.7 Å². The Morgan fingerprint density at radius 2 is 1.97 bits per heavy atom. The molecule has 2 atom stereocenters. The normalized spacial score (nSPS) is 26.1. The standard InChI is InChI=1S/C20H31N5O4S/c1-15(20(26)21-18-6-7-19(23-22-18)29-14-16-4-5-16)25-8-2-3-17(13-25)24-9-11-30(27,28)12-10-24/h6-7,15-17H,2-5,8-14H2,1H3,(H,21,22,26). The summed E-state index contributed by atoms with van der Waals surface area (Å²) in [5.41, 5.74) is 0. The maximum absolute atomic E-state index is 12.7. The third kappa shape index (κ3) is 5.67. The van der Waals surface area contributed by atoms with Crippen LogP contribution >= 0.6 is 0 Å². The second-order valence-electron chi connectivity index (χ2n) is 8.66. The van der Waals surface area contributed by atoms with Gasteiger partial charge in [0.1, 0.15) is 0 Å². The van der Waals surface area contributed by atoms with E-state index in [1.807, 2.05) is 6.92 Å². The molecule has 1 aromatic heterocycles. The zero-order valence-electron chi connectivity index (χ0n) is 17.5. The third-order valence-electron chi connectivity index (χ3n) is 6.31. The minimum atomic E-state index is -2.88. The highest BCUT2D eigenvalue weighted by Gasteiger charge is 2.33. The molecule has 166 valence electrons. The first-order valence-electron chi connectivity index (χ1n) is 10.9. The molecule has 1 N–H and O–H groups in total. The van der Waals surface area contributed by atoms with E-state index in [4.69, 9.17) is 4.74 Å². The Morgan fingerprint density at radius 1 is 1.20 bits per heavy atom. The number of carbonyl (C=O) groups excluding carboxylic acids is 1. The summed E-state index contributed by atoms with van der Waals surface area (Å²) in [6.07, 6.45) is 4.47. The molecular weight excluding hydrogens is 406 g/mol. The van der Waals surface area contributed by atoms with E-state index in [9.17, 15) is 13.2 Å². The number of ether oxygens (including phenoxy) is 1. The van der Waals surface area contributed by atoms with Crippen molar-refractivity contribution in [2.45, 2.75) is 44.7 Å². The van der Waals surface area contributed by atoms with Gasteiger partial charge in [0.25, 0.3) is 0 Å². The van der Waals surface area contributed by atoms with Crippen molar-refractivity contribution in [2.24, 2.45) is 5.92 Å². The van der Waals surface area contributed by atoms with Crippen LogP contribution in [0.4, 0.5) is 5.82 Å². The number of rotatable bonds is 7. The van der Waals surface area contributed by atoms with Crippen molar-refractivity contribution in [1.82, 2.24) is 20.0 Å². The minimum absolute atomic E-state index is 0.113. The van der Waals surface area contributed by atoms with Gasteiger partial charge >= 0.3 is 0 Å². The fourth-order valence-corrected chi connectivity index (χ4v) is 5.30. The Hall–Kier alpha value is -1.78. The molecule has 4 rings (SSSR count). The van der Waals surface area contributed by atoms with Gasteiger partial charge in [-0.3, -0.25) is 14.6 Å². The fourth-order valence-electron chi connectivity index (χ4n) is 4.07. The molecule has 2 unspecified atom stereocenters. The van der Waals surface area contributed by atoms with E-state index in [1.165, 1.54) is 12.8 Å². The van der Waals surface area contributed by atoms with Crippen LogP contribution in [0.3, 0.4) is 0 Å². The van der Waals surface area contributed by atoms with Crippen molar-refractivity contribution >= 4 is 21.6 Å². The van der Waals surface area contributed by atoms with Crippen LogP contribution in [-0.4, -0.2) is 90.7 Å². The van der Waals surface area contributed by atoms with Gasteiger partial charge in [-0.1, -0.05) is 0 Å². The summed E-state index contributed by atoms with van der Waals surface area (Å²) in [5, 5.41) is 10.9. The summed E-state index contributed by atoms with van der Waals surface area (Å²) in [4.78, 5) is 17.2. The second-order valence-corrected chi connectivity index (χ2v) is 11.0. The van der Waals surface area contributed by atoms with Crippen LogP contribution in [0.5, 0.6) is 5.88 Å². The lowest BCUT2D eigenvalue weighted by molar-refractivity contribution is -0.121. The average Bonchev–Trinajstić information content (AvgIpc) is 3.57. The topological polar surface area (TPSA) is 105 Å². The van der Waals surface area contributed by atoms with E-state index in [1.54, 1.807) is 12.1 Å². The molecule has 0 spiro atoms. The maximum Gasteiger partial charge on any atom is 0.242 e. The van der Waals surface area contributed by atoms with E-state index in [-0.39, 0.29) is 23.5 Å². The predicted octanol–water partition coefficient (Wildman–Crippen LogP) is 0.787. The van der Waals surface area contributed by atoms with Crippen molar-refractivity contribution in [3.05, 3.63) is 12.1 Å². The number of nitrogens with one attached hydrogen (secondary N) is 1. The average molecular weight is 438 g/mol. The number of nitrogens with zero attached hydrogens (tertiary/aromatic N) is 4. The van der Waals surface area contributed by atoms with Gasteiger partial charge in [-0.25, -0.2) is 8.42 Å². The van der Waals surface area contributed by atoms with Gasteiger partial charge in [0.2, 0.25) is 11.8 Å². The van der Waals surface area contributed by atoms with Crippen molar-refractivity contribution < 1.29 is 17.9 Å². The Labute approximate surface area is 178 Å². The van der Waals surface area contributed by atoms with Crippen molar-refractivity contribution in [3.8, 4) is 5.88 Å². The highest BCUT2D eigenvalue weighted by atomic mass is 32.2. The summed E-state index contributed by atoms with van der Waals surface area (Å²) in [6.45, 7) is 5.39. The number of anilines is 1. The van der Waals surface area contributed by atoms with E-state index < -0.39 is 9.84 Å². The van der Waals surface area contributed by atoms with Gasteiger partial charge in [-0.2, -0.15) is 0 Å². The number of aromatic nitrogens is 2. The Morgan fingerprint density at radius 3 is 2.63 bits per heavy atom. The first kappa shape index (κ1) is 21.5. The number of hydrogen-bond donors (Lipinski definition) is 1. The Balaban J connectivity index is 1.27. The van der Waals surface area contributed by atoms with Crippen LogP contribution in [0.25, 0.3) is 0 Å². The highest BCUT2D eigenvalue weighted by molar-refractivity contribution is 7.91. The zero-order chi connectivity index (χ0) is 21.1. The number of likely N-dealkylation sites (tertiary alicyclic amines) is 1. The monoisotopic (exact) mass is 437 g/mol. The van der Waals surface area contributed by atoms with E-state index >= 15 is 0 Å². The van der Waals surface area contributed by atoms with Crippen molar-refractivity contribution in [3.63, 3.8) is 0 Å². The van der Waals surface area contributed by atoms with E-state index in [0.717, 1.165) is 25.9 Å². The molecule has 0 radical (unpaired) electrons. The van der Waals surface area contributed by atoms with Gasteiger partial charge < -0.3 is 10.1 Å². The van der Waals surface area contributed by atoms with Crippen LogP contribution in [-0.2, 0) is 14.6 Å². The van der Waals surface area contributed by atoms with Gasteiger partial charge in [0, 0.05) is 31.7 Å². The zero-order valence-corrected chi connectivity index (χ0v) is 18.3. The first-order chi connectivity index (χ1) is 14.4. The first-order valence-corrected chi connectivity index (χ1v) is 12.7. The molecule has 1 aromatic rings. The molecule has 10 heteroatoms. The molecule has 1 amide bonds. The third-order valence-corrected chi connectivity index (χ3v) is 7.91. The number of sulfone groups is 1. The Bertz CT molecular complexity index is 829. The predicted molar refractivity (Wildman–Crippen MR) is 113 cm³/mol. The largest absolute Gasteiger partial charge is 0.476 e. The van der Waals surface area contributed by atoms with E-state index in [2.05, 4.69) is 25.3 Å². The highest BCUT2D eigenvalue weighted by Crippen LogP contribution is 2.29. The van der Waals surface area contributed by atoms with Gasteiger partial charge in [-0.15, -0.1) is 10.2 Å². The summed E-state index contributed by atoms with van der Waals surface area (Å²) < 4.78 is 29.0. The molecule has 3 heterocycles. The SMILES string of the molecule is CC(C(=O)Nc1ccc(OCC2CC2)nn1)N1CCCC(N2CCS(=O)(=O)CC2)C1. The van der Waals surface area contributed by atoms with Crippen molar-refractivity contribution in [2.75, 3.05) is 49.6 Å². The summed E-state index contributed by atoms with van der Waals surface area (Å²) >= 11 is 0. The molecule has 9 nitrogen and oxygen atoms in total. The Kier molecular flexibility index (Phi) is 6.54. The smallest absolute Gasteiger partial charge is 0.242 e. The van der Waals surface area contributed by atoms with Crippen molar-refractivity contribution in [1.29, 1.82) is 0 Å². The maximum atomic E-state index is 12.7. The number of hydrogen-bond acceptors (Lipinski definition) is 8. The van der Waals surface area contributed by atoms with Gasteiger partial charge in [-0.05, 0) is 51.1 Å². The summed E-state index contributed by atoms with van der Waals surface area (Å²) in [7, 11) is -2.88. The molecule has 1 aliphatic carbocycles. The number of piperidine rings is 1. The lowest BCUT2D eigenvalue weighted by Crippen LogP contribution is -2.55. The molecular formula is C20H31N5O4S. The number of carbonyl (C=O) groups is 1. The molecule has 30 heavy (non-hydrogen) atoms. The molecule has 3 fully saturated rings. The molecule has 2 aliphatic heterocycles. The molecule has 0 aromatic carbocycles. The van der Waals surface area contributed by atoms with Crippen LogP contribution in [0.15, 0.2) is 12.1 Å². The van der Waals surface area contributed by atoms with Crippen LogP contribution in [0.2, 0.25) is 0 Å². The van der Waals surface area contributed by atoms with Crippen LogP contribution in [0, 0.1) is 5.92 Å².